The van der Waals surface area contributed by atoms with Crippen molar-refractivity contribution in [2.75, 3.05) is 24.4 Å². The van der Waals surface area contributed by atoms with Gasteiger partial charge in [-0.2, -0.15) is 0 Å². The minimum absolute atomic E-state index is 0.0428. The van der Waals surface area contributed by atoms with Crippen molar-refractivity contribution in [3.8, 4) is 0 Å². The van der Waals surface area contributed by atoms with Gasteiger partial charge in [-0.15, -0.1) is 22.7 Å². The van der Waals surface area contributed by atoms with Crippen LogP contribution in [0.1, 0.15) is 22.6 Å². The van der Waals surface area contributed by atoms with E-state index in [1.54, 1.807) is 46.4 Å². The Hall–Kier alpha value is -2.47. The highest BCUT2D eigenvalue weighted by Gasteiger charge is 2.25. The van der Waals surface area contributed by atoms with Crippen molar-refractivity contribution in [1.29, 1.82) is 0 Å². The summed E-state index contributed by atoms with van der Waals surface area (Å²) in [6, 6.07) is 3.62. The Kier molecular flexibility index (Phi) is 6.63. The number of hydrogen-bond donors (Lipinski definition) is 0. The minimum Gasteiger partial charge on any atom is -0.467 e. The van der Waals surface area contributed by atoms with E-state index in [9.17, 15) is 9.59 Å². The van der Waals surface area contributed by atoms with Crippen molar-refractivity contribution in [2.24, 2.45) is 0 Å². The smallest absolute Gasteiger partial charge is 0.263 e. The van der Waals surface area contributed by atoms with Gasteiger partial charge in [0.05, 0.1) is 37.1 Å². The number of anilines is 1. The number of furan rings is 1. The molecule has 1 aliphatic rings. The lowest BCUT2D eigenvalue weighted by atomic mass is 10.2. The van der Waals surface area contributed by atoms with Gasteiger partial charge in [-0.25, -0.2) is 9.97 Å². The Morgan fingerprint density at radius 3 is 3.06 bits per heavy atom. The van der Waals surface area contributed by atoms with Crippen LogP contribution < -0.4 is 10.5 Å². The third kappa shape index (κ3) is 4.50. The Balaban J connectivity index is 1.43. The molecule has 172 valence electrons. The summed E-state index contributed by atoms with van der Waals surface area (Å²) < 4.78 is 12.3. The van der Waals surface area contributed by atoms with E-state index in [-0.39, 0.29) is 17.2 Å². The van der Waals surface area contributed by atoms with Crippen molar-refractivity contribution in [1.82, 2.24) is 14.5 Å². The molecule has 4 aromatic heterocycles. The maximum atomic E-state index is 13.4. The average Bonchev–Trinajstić information content (AvgIpc) is 3.60. The molecule has 0 saturated carbocycles. The van der Waals surface area contributed by atoms with Gasteiger partial charge in [-0.3, -0.25) is 19.1 Å². The summed E-state index contributed by atoms with van der Waals surface area (Å²) in [6.07, 6.45) is 6.27. The first kappa shape index (κ1) is 22.3. The lowest BCUT2D eigenvalue weighted by Gasteiger charge is -2.19. The number of thiazole rings is 1. The number of carbonyl (C=O) groups is 1. The molecule has 0 radical (unpaired) electrons. The first-order chi connectivity index (χ1) is 16.2. The van der Waals surface area contributed by atoms with E-state index in [0.717, 1.165) is 35.0 Å². The molecule has 0 bridgehead atoms. The highest BCUT2D eigenvalue weighted by Crippen LogP contribution is 2.35. The van der Waals surface area contributed by atoms with Gasteiger partial charge in [-0.1, -0.05) is 11.8 Å². The summed E-state index contributed by atoms with van der Waals surface area (Å²) in [4.78, 5) is 39.4. The standard InChI is InChI=1S/C22H22N4O4S3/c1-29-10-8-25-20(28)18-15-5-2-6-16(15)33-19(18)24-22(25)32-13-17(27)26(21-23-7-11-31-21)12-14-4-3-9-30-14/h3-4,7,9,11H,2,5-6,8,10,12-13H2,1H3. The van der Waals surface area contributed by atoms with E-state index >= 15 is 0 Å². The third-order valence-corrected chi connectivity index (χ3v) is 8.42. The molecule has 1 amide bonds. The second-order valence-electron chi connectivity index (χ2n) is 7.54. The molecule has 8 nitrogen and oxygen atoms in total. The zero-order valence-corrected chi connectivity index (χ0v) is 20.4. The van der Waals surface area contributed by atoms with Gasteiger partial charge in [0.25, 0.3) is 5.56 Å². The number of methoxy groups -OCH3 is 1. The van der Waals surface area contributed by atoms with Gasteiger partial charge in [0.15, 0.2) is 10.3 Å². The number of fused-ring (bicyclic) bond motifs is 3. The molecule has 0 fully saturated rings. The molecule has 0 aromatic carbocycles. The minimum atomic E-state index is -0.132. The molecule has 0 unspecified atom stereocenters. The van der Waals surface area contributed by atoms with E-state index < -0.39 is 0 Å². The largest absolute Gasteiger partial charge is 0.467 e. The molecule has 0 N–H and O–H groups in total. The first-order valence-corrected chi connectivity index (χ1v) is 13.2. The number of rotatable bonds is 9. The van der Waals surface area contributed by atoms with E-state index in [2.05, 4.69) is 4.98 Å². The van der Waals surface area contributed by atoms with Gasteiger partial charge >= 0.3 is 0 Å². The summed E-state index contributed by atoms with van der Waals surface area (Å²) in [7, 11) is 1.61. The van der Waals surface area contributed by atoms with E-state index in [1.807, 2.05) is 11.4 Å². The molecule has 0 aliphatic heterocycles. The molecule has 0 spiro atoms. The average molecular weight is 503 g/mol. The normalized spacial score (nSPS) is 13.0. The second-order valence-corrected chi connectivity index (χ2v) is 10.4. The van der Waals surface area contributed by atoms with Gasteiger partial charge in [0, 0.05) is 23.6 Å². The van der Waals surface area contributed by atoms with Crippen LogP contribution in [0.2, 0.25) is 0 Å². The number of thiophene rings is 1. The second kappa shape index (κ2) is 9.80. The Bertz CT molecular complexity index is 1310. The molecule has 33 heavy (non-hydrogen) atoms. The molecule has 11 heteroatoms. The topological polar surface area (TPSA) is 90.5 Å². The van der Waals surface area contributed by atoms with Crippen molar-refractivity contribution in [3.05, 3.63) is 56.5 Å². The molecule has 1 aliphatic carbocycles. The van der Waals surface area contributed by atoms with Crippen LogP contribution in [0.4, 0.5) is 5.13 Å². The Morgan fingerprint density at radius 1 is 1.39 bits per heavy atom. The predicted octanol–water partition coefficient (Wildman–Crippen LogP) is 3.97. The molecular weight excluding hydrogens is 480 g/mol. The van der Waals surface area contributed by atoms with Gasteiger partial charge in [0.1, 0.15) is 10.6 Å². The number of thioether (sulfide) groups is 1. The number of amides is 1. The molecule has 5 rings (SSSR count). The number of ether oxygens (including phenoxy) is 1. The number of aromatic nitrogens is 3. The summed E-state index contributed by atoms with van der Waals surface area (Å²) in [5.74, 6) is 0.664. The van der Waals surface area contributed by atoms with Crippen LogP contribution in [0.3, 0.4) is 0 Å². The van der Waals surface area contributed by atoms with Crippen molar-refractivity contribution >= 4 is 55.7 Å². The maximum absolute atomic E-state index is 13.4. The fraction of sp³-hybridized carbons (Fsp3) is 0.364. The SMILES string of the molecule is COCCn1c(SCC(=O)N(Cc2ccco2)c2nccs2)nc2sc3c(c2c1=O)CCC3. The van der Waals surface area contributed by atoms with Crippen molar-refractivity contribution in [2.45, 2.75) is 37.5 Å². The number of hydrogen-bond acceptors (Lipinski definition) is 9. The maximum Gasteiger partial charge on any atom is 0.263 e. The van der Waals surface area contributed by atoms with Crippen LogP contribution in [0.15, 0.2) is 44.3 Å². The molecule has 0 saturated heterocycles. The van der Waals surface area contributed by atoms with Crippen LogP contribution in [-0.4, -0.2) is 39.9 Å². The molecular formula is C22H22N4O4S3. The summed E-state index contributed by atoms with van der Waals surface area (Å²) in [5.41, 5.74) is 1.11. The molecule has 4 heterocycles. The Morgan fingerprint density at radius 2 is 2.30 bits per heavy atom. The summed E-state index contributed by atoms with van der Waals surface area (Å²) in [6.45, 7) is 1.08. The monoisotopic (exact) mass is 502 g/mol. The number of carbonyl (C=O) groups excluding carboxylic acids is 1. The van der Waals surface area contributed by atoms with Crippen molar-refractivity contribution < 1.29 is 13.9 Å². The van der Waals surface area contributed by atoms with E-state index in [1.165, 1.54) is 28.0 Å². The van der Waals surface area contributed by atoms with E-state index in [0.29, 0.717) is 35.7 Å². The third-order valence-electron chi connectivity index (χ3n) is 5.48. The lowest BCUT2D eigenvalue weighted by molar-refractivity contribution is -0.116. The fourth-order valence-corrected chi connectivity index (χ4v) is 6.79. The van der Waals surface area contributed by atoms with Crippen LogP contribution in [0.25, 0.3) is 10.2 Å². The highest BCUT2D eigenvalue weighted by molar-refractivity contribution is 7.99. The molecule has 0 atom stereocenters. The fourth-order valence-electron chi connectivity index (χ4n) is 3.92. The zero-order chi connectivity index (χ0) is 22.8. The predicted molar refractivity (Wildman–Crippen MR) is 131 cm³/mol. The van der Waals surface area contributed by atoms with Crippen LogP contribution >= 0.6 is 34.4 Å². The quantitative estimate of drug-likeness (QED) is 0.253. The number of aryl methyl sites for hydroxylation is 2. The van der Waals surface area contributed by atoms with Crippen LogP contribution in [0, 0.1) is 0 Å². The van der Waals surface area contributed by atoms with Crippen LogP contribution in [0.5, 0.6) is 0 Å². The van der Waals surface area contributed by atoms with E-state index in [4.69, 9.17) is 14.1 Å². The van der Waals surface area contributed by atoms with Crippen molar-refractivity contribution in [3.63, 3.8) is 0 Å². The summed E-state index contributed by atoms with van der Waals surface area (Å²) >= 11 is 4.27. The zero-order valence-electron chi connectivity index (χ0n) is 18.0. The van der Waals surface area contributed by atoms with Gasteiger partial charge in [0.2, 0.25) is 5.91 Å². The van der Waals surface area contributed by atoms with Gasteiger partial charge < -0.3 is 9.15 Å². The highest BCUT2D eigenvalue weighted by atomic mass is 32.2. The number of nitrogens with zero attached hydrogens (tertiary/aromatic N) is 4. The lowest BCUT2D eigenvalue weighted by Crippen LogP contribution is -2.32. The first-order valence-electron chi connectivity index (χ1n) is 10.5. The molecule has 4 aromatic rings. The summed E-state index contributed by atoms with van der Waals surface area (Å²) in [5, 5.41) is 3.71. The Labute approximate surface area is 202 Å². The van der Waals surface area contributed by atoms with Crippen LogP contribution in [-0.2, 0) is 35.5 Å². The van der Waals surface area contributed by atoms with Gasteiger partial charge in [-0.05, 0) is 37.0 Å².